The van der Waals surface area contributed by atoms with Gasteiger partial charge >= 0.3 is 0 Å². The van der Waals surface area contributed by atoms with Crippen molar-refractivity contribution in [2.45, 2.75) is 45.7 Å². The zero-order chi connectivity index (χ0) is 21.5. The lowest BCUT2D eigenvalue weighted by molar-refractivity contribution is -0.141. The van der Waals surface area contributed by atoms with Gasteiger partial charge in [0.05, 0.1) is 0 Å². The summed E-state index contributed by atoms with van der Waals surface area (Å²) < 4.78 is 24.0. The maximum atomic E-state index is 13.3. The van der Waals surface area contributed by atoms with E-state index in [9.17, 15) is 14.0 Å². The van der Waals surface area contributed by atoms with Crippen LogP contribution < -0.4 is 14.8 Å². The normalized spacial score (nSPS) is 13.0. The highest BCUT2D eigenvalue weighted by molar-refractivity contribution is 5.87. The monoisotopic (exact) mass is 414 g/mol. The second-order valence-corrected chi connectivity index (χ2v) is 7.15. The molecule has 0 aromatic heterocycles. The Morgan fingerprint density at radius 3 is 2.47 bits per heavy atom. The van der Waals surface area contributed by atoms with E-state index in [0.29, 0.717) is 30.9 Å². The first-order valence-corrected chi connectivity index (χ1v) is 10.2. The number of ether oxygens (including phenoxy) is 2. The van der Waals surface area contributed by atoms with Crippen LogP contribution in [0, 0.1) is 5.82 Å². The Bertz CT molecular complexity index is 885. The summed E-state index contributed by atoms with van der Waals surface area (Å²) in [6, 6.07) is 11.0. The molecule has 0 fully saturated rings. The maximum absolute atomic E-state index is 13.3. The van der Waals surface area contributed by atoms with E-state index < -0.39 is 6.04 Å². The minimum absolute atomic E-state index is 0.130. The van der Waals surface area contributed by atoms with Crippen LogP contribution in [0.3, 0.4) is 0 Å². The molecule has 3 rings (SSSR count). The van der Waals surface area contributed by atoms with Crippen LogP contribution in [-0.4, -0.2) is 36.1 Å². The first-order valence-electron chi connectivity index (χ1n) is 10.2. The summed E-state index contributed by atoms with van der Waals surface area (Å²) in [6.45, 7) is 4.66. The molecule has 2 aromatic rings. The summed E-state index contributed by atoms with van der Waals surface area (Å²) in [6.07, 6.45) is 1.25. The Morgan fingerprint density at radius 1 is 1.07 bits per heavy atom. The van der Waals surface area contributed by atoms with Crippen LogP contribution in [0.15, 0.2) is 42.5 Å². The number of carbonyl (C=O) groups is 2. The number of hydrogen-bond acceptors (Lipinski definition) is 4. The molecule has 0 spiro atoms. The second kappa shape index (κ2) is 10.1. The average Bonchev–Trinajstić information content (AvgIpc) is 3.21. The molecule has 1 aliphatic heterocycles. The highest BCUT2D eigenvalue weighted by atomic mass is 19.1. The van der Waals surface area contributed by atoms with Gasteiger partial charge in [-0.25, -0.2) is 4.39 Å². The number of rotatable bonds is 9. The number of nitrogens with zero attached hydrogens (tertiary/aromatic N) is 1. The summed E-state index contributed by atoms with van der Waals surface area (Å²) in [7, 11) is 0. The molecule has 1 N–H and O–H groups in total. The largest absolute Gasteiger partial charge is 0.454 e. The fourth-order valence-corrected chi connectivity index (χ4v) is 3.49. The molecule has 160 valence electrons. The van der Waals surface area contributed by atoms with Crippen molar-refractivity contribution in [1.29, 1.82) is 0 Å². The van der Waals surface area contributed by atoms with Crippen molar-refractivity contribution in [2.24, 2.45) is 0 Å². The third kappa shape index (κ3) is 5.28. The average molecular weight is 414 g/mol. The number of aryl methyl sites for hydroxylation is 1. The molecule has 0 aliphatic carbocycles. The van der Waals surface area contributed by atoms with Crippen LogP contribution in [-0.2, 0) is 22.6 Å². The zero-order valence-corrected chi connectivity index (χ0v) is 17.3. The van der Waals surface area contributed by atoms with E-state index in [-0.39, 0.29) is 37.4 Å². The number of likely N-dealkylation sites (N-methyl/N-ethyl adjacent to an activating group) is 1. The van der Waals surface area contributed by atoms with Crippen LogP contribution in [0.5, 0.6) is 11.5 Å². The van der Waals surface area contributed by atoms with Crippen LogP contribution in [0.4, 0.5) is 4.39 Å². The number of benzene rings is 2. The molecule has 1 atom stereocenters. The molecule has 0 bridgehead atoms. The Morgan fingerprint density at radius 2 is 1.77 bits per heavy atom. The van der Waals surface area contributed by atoms with Gasteiger partial charge in [-0.3, -0.25) is 9.59 Å². The quantitative estimate of drug-likeness (QED) is 0.683. The minimum atomic E-state index is -0.584. The predicted molar refractivity (Wildman–Crippen MR) is 111 cm³/mol. The summed E-state index contributed by atoms with van der Waals surface area (Å²) in [4.78, 5) is 27.3. The van der Waals surface area contributed by atoms with Crippen molar-refractivity contribution < 1.29 is 23.5 Å². The van der Waals surface area contributed by atoms with E-state index in [0.717, 1.165) is 11.1 Å². The van der Waals surface area contributed by atoms with E-state index in [1.165, 1.54) is 12.1 Å². The molecule has 0 saturated carbocycles. The van der Waals surface area contributed by atoms with Crippen molar-refractivity contribution in [1.82, 2.24) is 10.2 Å². The number of amides is 2. The fourth-order valence-electron chi connectivity index (χ4n) is 3.49. The van der Waals surface area contributed by atoms with Crippen LogP contribution >= 0.6 is 0 Å². The summed E-state index contributed by atoms with van der Waals surface area (Å²) >= 11 is 0. The number of carbonyl (C=O) groups excluding carboxylic acids is 2. The van der Waals surface area contributed by atoms with E-state index in [2.05, 4.69) is 5.32 Å². The molecule has 1 heterocycles. The van der Waals surface area contributed by atoms with Crippen molar-refractivity contribution >= 4 is 11.8 Å². The van der Waals surface area contributed by atoms with Gasteiger partial charge < -0.3 is 19.7 Å². The molecule has 1 aliphatic rings. The molecule has 0 radical (unpaired) electrons. The van der Waals surface area contributed by atoms with Gasteiger partial charge in [0.1, 0.15) is 11.9 Å². The highest BCUT2D eigenvalue weighted by Gasteiger charge is 2.28. The van der Waals surface area contributed by atoms with Crippen LogP contribution in [0.2, 0.25) is 0 Å². The Balaban J connectivity index is 1.74. The SMILES string of the molecule is CCNC(=O)C(CC)N(Cc1ccc(F)cc1)C(=O)CCc1ccc2c(c1)OCO2. The lowest BCUT2D eigenvalue weighted by atomic mass is 10.1. The van der Waals surface area contributed by atoms with Crippen LogP contribution in [0.25, 0.3) is 0 Å². The molecular formula is C23H27FN2O4. The van der Waals surface area contributed by atoms with Gasteiger partial charge in [0.2, 0.25) is 18.6 Å². The molecule has 0 saturated heterocycles. The number of hydrogen-bond donors (Lipinski definition) is 1. The molecule has 7 heteroatoms. The molecular weight excluding hydrogens is 387 g/mol. The first-order chi connectivity index (χ1) is 14.5. The molecule has 2 amide bonds. The highest BCUT2D eigenvalue weighted by Crippen LogP contribution is 2.32. The Kier molecular flexibility index (Phi) is 7.27. The summed E-state index contributed by atoms with van der Waals surface area (Å²) in [5.41, 5.74) is 1.73. The fraction of sp³-hybridized carbons (Fsp3) is 0.391. The first kappa shape index (κ1) is 21.6. The molecule has 2 aromatic carbocycles. The molecule has 30 heavy (non-hydrogen) atoms. The summed E-state index contributed by atoms with van der Waals surface area (Å²) in [5, 5.41) is 2.81. The van der Waals surface area contributed by atoms with Gasteiger partial charge in [0, 0.05) is 19.5 Å². The van der Waals surface area contributed by atoms with Crippen molar-refractivity contribution in [3.63, 3.8) is 0 Å². The van der Waals surface area contributed by atoms with Gasteiger partial charge in [-0.15, -0.1) is 0 Å². The molecule has 6 nitrogen and oxygen atoms in total. The minimum Gasteiger partial charge on any atom is -0.454 e. The second-order valence-electron chi connectivity index (χ2n) is 7.15. The lowest BCUT2D eigenvalue weighted by Crippen LogP contribution is -2.49. The predicted octanol–water partition coefficient (Wildman–Crippen LogP) is 3.43. The van der Waals surface area contributed by atoms with E-state index >= 15 is 0 Å². The summed E-state index contributed by atoms with van der Waals surface area (Å²) in [5.74, 6) is 0.728. The van der Waals surface area contributed by atoms with E-state index in [1.807, 2.05) is 32.0 Å². The van der Waals surface area contributed by atoms with Crippen molar-refractivity contribution in [3.05, 3.63) is 59.4 Å². The smallest absolute Gasteiger partial charge is 0.242 e. The van der Waals surface area contributed by atoms with Crippen molar-refractivity contribution in [3.8, 4) is 11.5 Å². The zero-order valence-electron chi connectivity index (χ0n) is 17.3. The van der Waals surface area contributed by atoms with E-state index in [1.54, 1.807) is 17.0 Å². The number of halogens is 1. The van der Waals surface area contributed by atoms with Gasteiger partial charge in [-0.1, -0.05) is 25.1 Å². The van der Waals surface area contributed by atoms with Gasteiger partial charge in [-0.2, -0.15) is 0 Å². The Labute approximate surface area is 176 Å². The van der Waals surface area contributed by atoms with Crippen LogP contribution in [0.1, 0.15) is 37.8 Å². The Hall–Kier alpha value is -3.09. The third-order valence-corrected chi connectivity index (χ3v) is 5.07. The van der Waals surface area contributed by atoms with Gasteiger partial charge in [0.15, 0.2) is 11.5 Å². The molecule has 1 unspecified atom stereocenters. The number of nitrogens with one attached hydrogen (secondary N) is 1. The number of fused-ring (bicyclic) bond motifs is 1. The maximum Gasteiger partial charge on any atom is 0.242 e. The third-order valence-electron chi connectivity index (χ3n) is 5.07. The topological polar surface area (TPSA) is 67.9 Å². The van der Waals surface area contributed by atoms with Gasteiger partial charge in [0.25, 0.3) is 0 Å². The van der Waals surface area contributed by atoms with Gasteiger partial charge in [-0.05, 0) is 55.2 Å². The standard InChI is InChI=1S/C23H27FN2O4/c1-3-19(23(28)25-4-2)26(14-17-5-9-18(24)10-6-17)22(27)12-8-16-7-11-20-21(13-16)30-15-29-20/h5-7,9-11,13,19H,3-4,8,12,14-15H2,1-2H3,(H,25,28). The van der Waals surface area contributed by atoms with E-state index in [4.69, 9.17) is 9.47 Å². The lowest BCUT2D eigenvalue weighted by Gasteiger charge is -2.30. The van der Waals surface area contributed by atoms with Crippen molar-refractivity contribution in [2.75, 3.05) is 13.3 Å².